The monoisotopic (exact) mass is 394 g/mol. The van der Waals surface area contributed by atoms with Crippen molar-refractivity contribution in [1.82, 2.24) is 0 Å². The molecule has 7 nitrogen and oxygen atoms in total. The molecule has 0 radical (unpaired) electrons. The molecule has 1 aliphatic heterocycles. The van der Waals surface area contributed by atoms with Gasteiger partial charge in [0.05, 0.1) is 22.8 Å². The van der Waals surface area contributed by atoms with E-state index < -0.39 is 16.4 Å². The molecule has 0 amide bonds. The number of esters is 1. The molecule has 0 spiro atoms. The third-order valence-corrected chi connectivity index (χ3v) is 4.61. The molecule has 150 valence electrons. The number of nitro benzene ring substituents is 1. The van der Waals surface area contributed by atoms with Crippen LogP contribution in [-0.2, 0) is 16.0 Å². The Hall–Kier alpha value is -3.48. The van der Waals surface area contributed by atoms with Gasteiger partial charge >= 0.3 is 5.97 Å². The Morgan fingerprint density at radius 1 is 1.21 bits per heavy atom. The molecular formula is C22H22N2O5. The molecule has 2 aromatic carbocycles. The fourth-order valence-corrected chi connectivity index (χ4v) is 3.36. The van der Waals surface area contributed by atoms with Gasteiger partial charge in [-0.3, -0.25) is 15.1 Å². The van der Waals surface area contributed by atoms with Crippen LogP contribution in [0.4, 0.5) is 5.69 Å². The first-order valence-corrected chi connectivity index (χ1v) is 9.27. The first-order valence-electron chi connectivity index (χ1n) is 9.27. The number of rotatable bonds is 5. The minimum absolute atomic E-state index is 0.0547. The van der Waals surface area contributed by atoms with E-state index in [4.69, 9.17) is 9.73 Å². The van der Waals surface area contributed by atoms with E-state index in [1.165, 1.54) is 24.3 Å². The van der Waals surface area contributed by atoms with E-state index in [1.807, 2.05) is 38.1 Å². The fourth-order valence-electron chi connectivity index (χ4n) is 3.36. The summed E-state index contributed by atoms with van der Waals surface area (Å²) in [5, 5.41) is 21.9. The predicted octanol–water partition coefficient (Wildman–Crippen LogP) is 4.25. The maximum Gasteiger partial charge on any atom is 0.344 e. The molecule has 0 saturated carbocycles. The smallest absolute Gasteiger partial charge is 0.344 e. The van der Waals surface area contributed by atoms with Crippen LogP contribution in [0.3, 0.4) is 0 Å². The second-order valence-electron chi connectivity index (χ2n) is 7.35. The highest BCUT2D eigenvalue weighted by Crippen LogP contribution is 2.32. The Bertz CT molecular complexity index is 1020. The molecule has 1 N–H and O–H groups in total. The molecule has 0 fully saturated rings. The van der Waals surface area contributed by atoms with E-state index in [1.54, 1.807) is 6.92 Å². The molecule has 29 heavy (non-hydrogen) atoms. The maximum atomic E-state index is 12.8. The van der Waals surface area contributed by atoms with Crippen LogP contribution >= 0.6 is 0 Å². The van der Waals surface area contributed by atoms with E-state index in [9.17, 15) is 20.0 Å². The third-order valence-electron chi connectivity index (χ3n) is 4.61. The first kappa shape index (κ1) is 20.3. The van der Waals surface area contributed by atoms with Gasteiger partial charge in [0, 0.05) is 23.3 Å². The molecule has 0 saturated heterocycles. The molecule has 0 unspecified atom stereocenters. The van der Waals surface area contributed by atoms with Gasteiger partial charge in [0.15, 0.2) is 0 Å². The quantitative estimate of drug-likeness (QED) is 0.268. The highest BCUT2D eigenvalue weighted by atomic mass is 16.6. The lowest BCUT2D eigenvalue weighted by Gasteiger charge is -2.29. The molecule has 0 bridgehead atoms. The average Bonchev–Trinajstić information content (AvgIpc) is 2.67. The molecule has 0 aromatic heterocycles. The highest BCUT2D eigenvalue weighted by molar-refractivity contribution is 6.31. The number of ether oxygens (including phenoxy) is 1. The lowest BCUT2D eigenvalue weighted by molar-refractivity contribution is -0.384. The number of carbonyl (C=O) groups is 1. The average molecular weight is 394 g/mol. The summed E-state index contributed by atoms with van der Waals surface area (Å²) >= 11 is 0. The van der Waals surface area contributed by atoms with Gasteiger partial charge < -0.3 is 9.84 Å². The molecule has 0 aliphatic carbocycles. The van der Waals surface area contributed by atoms with Crippen LogP contribution in [-0.4, -0.2) is 33.9 Å². The summed E-state index contributed by atoms with van der Waals surface area (Å²) in [7, 11) is 0. The summed E-state index contributed by atoms with van der Waals surface area (Å²) in [4.78, 5) is 27.9. The summed E-state index contributed by atoms with van der Waals surface area (Å²) in [6.07, 6.45) is 0.696. The van der Waals surface area contributed by atoms with E-state index >= 15 is 0 Å². The number of fused-ring (bicyclic) bond motifs is 1. The van der Waals surface area contributed by atoms with E-state index in [0.717, 1.165) is 11.1 Å². The Labute approximate surface area is 168 Å². The molecule has 1 aliphatic rings. The largest absolute Gasteiger partial charge is 0.506 e. The van der Waals surface area contributed by atoms with Crippen LogP contribution in [0.2, 0.25) is 0 Å². The normalized spacial score (nSPS) is 15.6. The van der Waals surface area contributed by atoms with E-state index in [0.29, 0.717) is 12.1 Å². The predicted molar refractivity (Wildman–Crippen MR) is 110 cm³/mol. The Kier molecular flexibility index (Phi) is 5.50. The van der Waals surface area contributed by atoms with Gasteiger partial charge in [-0.05, 0) is 44.9 Å². The lowest BCUT2D eigenvalue weighted by atomic mass is 9.84. The number of carbonyl (C=O) groups excluding carboxylic acids is 1. The fraction of sp³-hybridized carbons (Fsp3) is 0.273. The Morgan fingerprint density at radius 2 is 1.86 bits per heavy atom. The van der Waals surface area contributed by atoms with Crippen LogP contribution in [0.5, 0.6) is 0 Å². The summed E-state index contributed by atoms with van der Waals surface area (Å²) in [5.41, 5.74) is 1.75. The van der Waals surface area contributed by atoms with Crippen LogP contribution in [0.15, 0.2) is 59.1 Å². The number of nitrogens with zero attached hydrogens (tertiary/aromatic N) is 2. The van der Waals surface area contributed by atoms with Gasteiger partial charge in [0.25, 0.3) is 5.69 Å². The maximum absolute atomic E-state index is 12.8. The van der Waals surface area contributed by atoms with Crippen molar-refractivity contribution in [3.8, 4) is 0 Å². The van der Waals surface area contributed by atoms with Gasteiger partial charge in [-0.1, -0.05) is 24.3 Å². The van der Waals surface area contributed by atoms with Crippen molar-refractivity contribution in [3.63, 3.8) is 0 Å². The molecule has 2 aromatic rings. The number of benzene rings is 2. The minimum Gasteiger partial charge on any atom is -0.506 e. The SMILES string of the molecule is CCOC(=O)/C(C1=NC(C)(C)Cc2ccccc21)=C(\O)c1ccc([N+](=O)[O-])cc1. The third kappa shape index (κ3) is 4.18. The number of nitro groups is 1. The standard InChI is InChI=1S/C22H22N2O5/c1-4-29-21(26)18(20(25)14-9-11-16(12-10-14)24(27)28)19-17-8-6-5-7-15(17)13-22(2,3)23-19/h5-12,25H,4,13H2,1-3H3/b20-18-. The van der Waals surface area contributed by atoms with Crippen molar-refractivity contribution < 1.29 is 19.6 Å². The number of aliphatic hydroxyl groups excluding tert-OH is 1. The van der Waals surface area contributed by atoms with Crippen molar-refractivity contribution in [2.45, 2.75) is 32.7 Å². The highest BCUT2D eigenvalue weighted by Gasteiger charge is 2.33. The topological polar surface area (TPSA) is 102 Å². The van der Waals surface area contributed by atoms with Gasteiger partial charge in [-0.15, -0.1) is 0 Å². The summed E-state index contributed by atoms with van der Waals surface area (Å²) in [5.74, 6) is -1.03. The van der Waals surface area contributed by atoms with Gasteiger partial charge in [0.2, 0.25) is 0 Å². The zero-order valence-corrected chi connectivity index (χ0v) is 16.5. The molecular weight excluding hydrogens is 372 g/mol. The van der Waals surface area contributed by atoms with E-state index in [-0.39, 0.29) is 29.2 Å². The van der Waals surface area contributed by atoms with Crippen molar-refractivity contribution in [3.05, 3.63) is 80.9 Å². The van der Waals surface area contributed by atoms with Crippen LogP contribution in [0.1, 0.15) is 37.5 Å². The van der Waals surface area contributed by atoms with E-state index in [2.05, 4.69) is 0 Å². The number of hydrogen-bond donors (Lipinski definition) is 1. The summed E-state index contributed by atoms with van der Waals surface area (Å²) in [6, 6.07) is 12.9. The number of non-ortho nitro benzene ring substituents is 1. The molecule has 1 heterocycles. The second-order valence-corrected chi connectivity index (χ2v) is 7.35. The zero-order chi connectivity index (χ0) is 21.2. The number of aliphatic hydroxyl groups is 1. The van der Waals surface area contributed by atoms with Crippen molar-refractivity contribution in [2.24, 2.45) is 4.99 Å². The van der Waals surface area contributed by atoms with Crippen molar-refractivity contribution in [2.75, 3.05) is 6.61 Å². The zero-order valence-electron chi connectivity index (χ0n) is 16.5. The van der Waals surface area contributed by atoms with Crippen molar-refractivity contribution in [1.29, 1.82) is 0 Å². The van der Waals surface area contributed by atoms with Gasteiger partial charge in [0.1, 0.15) is 11.3 Å². The molecule has 3 rings (SSSR count). The lowest BCUT2D eigenvalue weighted by Crippen LogP contribution is -2.32. The van der Waals surface area contributed by atoms with Crippen LogP contribution in [0.25, 0.3) is 5.76 Å². The minimum atomic E-state index is -0.699. The Balaban J connectivity index is 2.22. The molecule has 0 atom stereocenters. The second kappa shape index (κ2) is 7.87. The summed E-state index contributed by atoms with van der Waals surface area (Å²) < 4.78 is 5.20. The van der Waals surface area contributed by atoms with Crippen LogP contribution in [0, 0.1) is 10.1 Å². The summed E-state index contributed by atoms with van der Waals surface area (Å²) in [6.45, 7) is 5.72. The molecule has 7 heteroatoms. The number of hydrogen-bond acceptors (Lipinski definition) is 6. The number of aliphatic imine (C=N–C) groups is 1. The van der Waals surface area contributed by atoms with Crippen molar-refractivity contribution >= 4 is 23.1 Å². The Morgan fingerprint density at radius 3 is 2.48 bits per heavy atom. The van der Waals surface area contributed by atoms with Gasteiger partial charge in [-0.25, -0.2) is 4.79 Å². The first-order chi connectivity index (χ1) is 13.7. The van der Waals surface area contributed by atoms with Crippen LogP contribution < -0.4 is 0 Å². The van der Waals surface area contributed by atoms with Gasteiger partial charge in [-0.2, -0.15) is 0 Å².